The summed E-state index contributed by atoms with van der Waals surface area (Å²) >= 11 is 0. The van der Waals surface area contributed by atoms with Gasteiger partial charge in [0.05, 0.1) is 6.61 Å². The van der Waals surface area contributed by atoms with E-state index in [2.05, 4.69) is 9.44 Å². The van der Waals surface area contributed by atoms with Crippen LogP contribution in [0.5, 0.6) is 0 Å². The Bertz CT molecular complexity index is 254. The Balaban J connectivity index is 3.84. The topological polar surface area (TPSA) is 93.4 Å². The SMILES string of the molecule is COCCNS(=O)(=O)NCC(N)C(C)C. The molecule has 0 aromatic carbocycles. The second-order valence-corrected chi connectivity index (χ2v) is 5.23. The number of rotatable bonds is 8. The molecule has 0 radical (unpaired) electrons. The van der Waals surface area contributed by atoms with Crippen LogP contribution in [0.4, 0.5) is 0 Å². The molecular formula is C8H21N3O3S. The van der Waals surface area contributed by atoms with Gasteiger partial charge in [0.25, 0.3) is 10.2 Å². The Morgan fingerprint density at radius 2 is 1.93 bits per heavy atom. The first kappa shape index (κ1) is 14.8. The van der Waals surface area contributed by atoms with Crippen molar-refractivity contribution in [1.29, 1.82) is 0 Å². The highest BCUT2D eigenvalue weighted by molar-refractivity contribution is 7.87. The van der Waals surface area contributed by atoms with Crippen LogP contribution in [-0.4, -0.2) is 41.3 Å². The molecule has 0 aromatic heterocycles. The molecule has 6 nitrogen and oxygen atoms in total. The highest BCUT2D eigenvalue weighted by atomic mass is 32.2. The molecular weight excluding hydrogens is 218 g/mol. The summed E-state index contributed by atoms with van der Waals surface area (Å²) in [6.07, 6.45) is 0. The number of ether oxygens (including phenoxy) is 1. The van der Waals surface area contributed by atoms with Crippen molar-refractivity contribution >= 4 is 10.2 Å². The number of methoxy groups -OCH3 is 1. The van der Waals surface area contributed by atoms with E-state index < -0.39 is 10.2 Å². The lowest BCUT2D eigenvalue weighted by Crippen LogP contribution is -2.45. The average Bonchev–Trinajstić information content (AvgIpc) is 2.14. The molecule has 0 aliphatic rings. The van der Waals surface area contributed by atoms with E-state index in [0.717, 1.165) is 0 Å². The molecule has 0 aliphatic carbocycles. The molecule has 0 bridgehead atoms. The summed E-state index contributed by atoms with van der Waals surface area (Å²) in [5.74, 6) is 0.242. The molecule has 0 heterocycles. The number of hydrogen-bond acceptors (Lipinski definition) is 4. The molecule has 1 atom stereocenters. The van der Waals surface area contributed by atoms with Crippen molar-refractivity contribution < 1.29 is 13.2 Å². The highest BCUT2D eigenvalue weighted by Gasteiger charge is 2.13. The zero-order chi connectivity index (χ0) is 11.9. The summed E-state index contributed by atoms with van der Waals surface area (Å²) in [6.45, 7) is 4.72. The Labute approximate surface area is 91.7 Å². The van der Waals surface area contributed by atoms with Gasteiger partial charge >= 0.3 is 0 Å². The van der Waals surface area contributed by atoms with Crippen LogP contribution in [0.1, 0.15) is 13.8 Å². The van der Waals surface area contributed by atoms with E-state index >= 15 is 0 Å². The standard InChI is InChI=1S/C8H21N3O3S/c1-7(2)8(9)6-11-15(12,13)10-4-5-14-3/h7-8,10-11H,4-6,9H2,1-3H3. The second kappa shape index (κ2) is 7.13. The summed E-state index contributed by atoms with van der Waals surface area (Å²) in [5.41, 5.74) is 5.70. The van der Waals surface area contributed by atoms with Crippen molar-refractivity contribution in [3.63, 3.8) is 0 Å². The third-order valence-electron chi connectivity index (χ3n) is 1.96. The van der Waals surface area contributed by atoms with E-state index in [1.165, 1.54) is 7.11 Å². The zero-order valence-electron chi connectivity index (χ0n) is 9.49. The van der Waals surface area contributed by atoms with E-state index in [4.69, 9.17) is 10.5 Å². The van der Waals surface area contributed by atoms with Crippen molar-refractivity contribution in [1.82, 2.24) is 9.44 Å². The lowest BCUT2D eigenvalue weighted by atomic mass is 10.1. The lowest BCUT2D eigenvalue weighted by Gasteiger charge is -2.16. The molecule has 7 heteroatoms. The van der Waals surface area contributed by atoms with Gasteiger partial charge in [0.15, 0.2) is 0 Å². The van der Waals surface area contributed by atoms with Crippen LogP contribution in [0.3, 0.4) is 0 Å². The van der Waals surface area contributed by atoms with E-state index in [9.17, 15) is 8.42 Å². The van der Waals surface area contributed by atoms with Gasteiger partial charge in [-0.05, 0) is 5.92 Å². The summed E-state index contributed by atoms with van der Waals surface area (Å²) in [4.78, 5) is 0. The average molecular weight is 239 g/mol. The molecule has 0 saturated carbocycles. The summed E-state index contributed by atoms with van der Waals surface area (Å²) in [6, 6.07) is -0.177. The molecule has 0 rings (SSSR count). The molecule has 0 aliphatic heterocycles. The van der Waals surface area contributed by atoms with Gasteiger partial charge in [-0.3, -0.25) is 0 Å². The third-order valence-corrected chi connectivity index (χ3v) is 3.09. The van der Waals surface area contributed by atoms with Gasteiger partial charge in [-0.15, -0.1) is 0 Å². The maximum absolute atomic E-state index is 11.3. The van der Waals surface area contributed by atoms with Crippen molar-refractivity contribution in [3.05, 3.63) is 0 Å². The molecule has 92 valence electrons. The van der Waals surface area contributed by atoms with Gasteiger partial charge in [-0.2, -0.15) is 13.1 Å². The Kier molecular flexibility index (Phi) is 7.03. The maximum atomic E-state index is 11.3. The van der Waals surface area contributed by atoms with Gasteiger partial charge in [0.1, 0.15) is 0 Å². The minimum atomic E-state index is -3.44. The van der Waals surface area contributed by atoms with E-state index in [1.54, 1.807) is 0 Å². The lowest BCUT2D eigenvalue weighted by molar-refractivity contribution is 0.204. The molecule has 1 unspecified atom stereocenters. The molecule has 4 N–H and O–H groups in total. The first-order chi connectivity index (χ1) is 6.89. The molecule has 0 fully saturated rings. The third kappa shape index (κ3) is 7.69. The Morgan fingerprint density at radius 1 is 1.33 bits per heavy atom. The quantitative estimate of drug-likeness (QED) is 0.476. The van der Waals surface area contributed by atoms with Gasteiger partial charge in [-0.1, -0.05) is 13.8 Å². The van der Waals surface area contributed by atoms with Crippen molar-refractivity contribution in [2.75, 3.05) is 26.8 Å². The van der Waals surface area contributed by atoms with Crippen LogP contribution >= 0.6 is 0 Å². The predicted molar refractivity (Wildman–Crippen MR) is 59.6 cm³/mol. The van der Waals surface area contributed by atoms with Crippen molar-refractivity contribution in [3.8, 4) is 0 Å². The van der Waals surface area contributed by atoms with E-state index in [-0.39, 0.29) is 25.0 Å². The largest absolute Gasteiger partial charge is 0.383 e. The fraction of sp³-hybridized carbons (Fsp3) is 1.00. The van der Waals surface area contributed by atoms with Crippen LogP contribution in [0, 0.1) is 5.92 Å². The summed E-state index contributed by atoms with van der Waals surface area (Å²) in [5, 5.41) is 0. The van der Waals surface area contributed by atoms with E-state index in [1.807, 2.05) is 13.8 Å². The van der Waals surface area contributed by atoms with Crippen LogP contribution in [0.25, 0.3) is 0 Å². The van der Waals surface area contributed by atoms with E-state index in [0.29, 0.717) is 6.61 Å². The number of nitrogens with two attached hydrogens (primary N) is 1. The van der Waals surface area contributed by atoms with Crippen molar-refractivity contribution in [2.24, 2.45) is 11.7 Å². The molecule has 0 aromatic rings. The van der Waals surface area contributed by atoms with Gasteiger partial charge in [-0.25, -0.2) is 4.72 Å². The van der Waals surface area contributed by atoms with Crippen molar-refractivity contribution in [2.45, 2.75) is 19.9 Å². The van der Waals surface area contributed by atoms with Crippen LogP contribution in [0.15, 0.2) is 0 Å². The smallest absolute Gasteiger partial charge is 0.277 e. The van der Waals surface area contributed by atoms with Crippen LogP contribution < -0.4 is 15.2 Å². The summed E-state index contributed by atoms with van der Waals surface area (Å²) in [7, 11) is -1.93. The first-order valence-corrected chi connectivity index (χ1v) is 6.36. The van der Waals surface area contributed by atoms with Crippen LogP contribution in [0.2, 0.25) is 0 Å². The number of hydrogen-bond donors (Lipinski definition) is 3. The summed E-state index contributed by atoms with van der Waals surface area (Å²) < 4.78 is 32.0. The minimum Gasteiger partial charge on any atom is -0.383 e. The maximum Gasteiger partial charge on any atom is 0.277 e. The van der Waals surface area contributed by atoms with Crippen LogP contribution in [-0.2, 0) is 14.9 Å². The monoisotopic (exact) mass is 239 g/mol. The Hall–Kier alpha value is -0.210. The highest BCUT2D eigenvalue weighted by Crippen LogP contribution is 1.96. The predicted octanol–water partition coefficient (Wildman–Crippen LogP) is -0.960. The van der Waals surface area contributed by atoms with Gasteiger partial charge < -0.3 is 10.5 Å². The minimum absolute atomic E-state index is 0.177. The second-order valence-electron chi connectivity index (χ2n) is 3.65. The zero-order valence-corrected chi connectivity index (χ0v) is 10.3. The Morgan fingerprint density at radius 3 is 2.40 bits per heavy atom. The van der Waals surface area contributed by atoms with Gasteiger partial charge in [0, 0.05) is 26.2 Å². The molecule has 0 amide bonds. The first-order valence-electron chi connectivity index (χ1n) is 4.88. The molecule has 0 saturated heterocycles. The normalized spacial score (nSPS) is 14.5. The molecule has 0 spiro atoms. The fourth-order valence-electron chi connectivity index (χ4n) is 0.771. The fourth-order valence-corrected chi connectivity index (χ4v) is 1.64. The number of nitrogens with one attached hydrogen (secondary N) is 2. The van der Waals surface area contributed by atoms with Gasteiger partial charge in [0.2, 0.25) is 0 Å². The molecule has 15 heavy (non-hydrogen) atoms.